The van der Waals surface area contributed by atoms with Gasteiger partial charge in [-0.05, 0) is 12.8 Å². The summed E-state index contributed by atoms with van der Waals surface area (Å²) < 4.78 is 0. The molecule has 0 radical (unpaired) electrons. The van der Waals surface area contributed by atoms with Gasteiger partial charge in [-0.15, -0.1) is 0 Å². The molecule has 0 aliphatic carbocycles. The first-order chi connectivity index (χ1) is 4.31. The number of alkyl halides is 1. The number of carbonyl (C=O) groups is 1. The summed E-state index contributed by atoms with van der Waals surface area (Å²) in [6, 6.07) is 0. The van der Waals surface area contributed by atoms with Crippen LogP contribution in [0, 0.1) is 0 Å². The van der Waals surface area contributed by atoms with Crippen LogP contribution in [0.3, 0.4) is 0 Å². The number of unbranched alkanes of at least 4 members (excludes halogenated alkanes) is 1. The van der Waals surface area contributed by atoms with Crippen LogP contribution in [-0.4, -0.2) is 11.1 Å². The van der Waals surface area contributed by atoms with Crippen LogP contribution in [0.1, 0.15) is 32.6 Å². The van der Waals surface area contributed by atoms with Crippen molar-refractivity contribution in [3.8, 4) is 0 Å². The van der Waals surface area contributed by atoms with Crippen LogP contribution in [0.2, 0.25) is 0 Å². The number of hydrogen-bond acceptors (Lipinski definition) is 1. The van der Waals surface area contributed by atoms with Gasteiger partial charge >= 0.3 is 0 Å². The van der Waals surface area contributed by atoms with Crippen molar-refractivity contribution in [2.24, 2.45) is 0 Å². The second-order valence-electron chi connectivity index (χ2n) is 2.04. The molecule has 1 nitrogen and oxygen atoms in total. The second-order valence-corrected chi connectivity index (χ2v) is 2.83. The fraction of sp³-hybridized carbons (Fsp3) is 0.857. The third-order valence-electron chi connectivity index (χ3n) is 1.23. The standard InChI is InChI=1S/C7H13BrO/c1-2-7(9)5-3-4-6-8/h2-6H2,1H3. The Bertz CT molecular complexity index is 81.0. The summed E-state index contributed by atoms with van der Waals surface area (Å²) in [4.78, 5) is 10.7. The molecule has 2 heteroatoms. The van der Waals surface area contributed by atoms with E-state index in [1.807, 2.05) is 6.92 Å². The predicted octanol–water partition coefficient (Wildman–Crippen LogP) is 2.53. The first-order valence-electron chi connectivity index (χ1n) is 3.39. The monoisotopic (exact) mass is 192 g/mol. The van der Waals surface area contributed by atoms with E-state index in [1.165, 1.54) is 0 Å². The van der Waals surface area contributed by atoms with Gasteiger partial charge in [0.1, 0.15) is 5.78 Å². The van der Waals surface area contributed by atoms with E-state index in [9.17, 15) is 4.79 Å². The number of rotatable bonds is 5. The van der Waals surface area contributed by atoms with Crippen molar-refractivity contribution in [3.63, 3.8) is 0 Å². The Morgan fingerprint density at radius 2 is 2.11 bits per heavy atom. The summed E-state index contributed by atoms with van der Waals surface area (Å²) in [6.45, 7) is 1.91. The smallest absolute Gasteiger partial charge is 0.132 e. The summed E-state index contributed by atoms with van der Waals surface area (Å²) in [7, 11) is 0. The third-order valence-corrected chi connectivity index (χ3v) is 1.79. The molecule has 0 aliphatic heterocycles. The number of hydrogen-bond donors (Lipinski definition) is 0. The SMILES string of the molecule is CCC(=O)CCCCBr. The van der Waals surface area contributed by atoms with Crippen LogP contribution in [-0.2, 0) is 4.79 Å². The van der Waals surface area contributed by atoms with Crippen LogP contribution < -0.4 is 0 Å². The van der Waals surface area contributed by atoms with Gasteiger partial charge in [0.2, 0.25) is 0 Å². The normalized spacial score (nSPS) is 9.56. The molecule has 0 saturated carbocycles. The van der Waals surface area contributed by atoms with Gasteiger partial charge in [0, 0.05) is 18.2 Å². The highest BCUT2D eigenvalue weighted by molar-refractivity contribution is 9.09. The average molecular weight is 193 g/mol. The molecular formula is C7H13BrO. The summed E-state index contributed by atoms with van der Waals surface area (Å²) >= 11 is 3.31. The Kier molecular flexibility index (Phi) is 6.38. The molecule has 9 heavy (non-hydrogen) atoms. The predicted molar refractivity (Wildman–Crippen MR) is 42.9 cm³/mol. The Balaban J connectivity index is 2.97. The van der Waals surface area contributed by atoms with Crippen molar-refractivity contribution < 1.29 is 4.79 Å². The first-order valence-corrected chi connectivity index (χ1v) is 4.51. The molecule has 0 fully saturated rings. The van der Waals surface area contributed by atoms with Gasteiger partial charge in [0.05, 0.1) is 0 Å². The highest BCUT2D eigenvalue weighted by Crippen LogP contribution is 2.00. The van der Waals surface area contributed by atoms with Gasteiger partial charge in [0.25, 0.3) is 0 Å². The highest BCUT2D eigenvalue weighted by atomic mass is 79.9. The first kappa shape index (κ1) is 9.15. The van der Waals surface area contributed by atoms with E-state index in [-0.39, 0.29) is 0 Å². The van der Waals surface area contributed by atoms with E-state index in [1.54, 1.807) is 0 Å². The molecule has 0 amide bonds. The Hall–Kier alpha value is 0.150. The van der Waals surface area contributed by atoms with Crippen LogP contribution in [0.15, 0.2) is 0 Å². The summed E-state index contributed by atoms with van der Waals surface area (Å²) in [5.41, 5.74) is 0. The molecule has 0 rings (SSSR count). The van der Waals surface area contributed by atoms with E-state index in [0.717, 1.165) is 24.6 Å². The third kappa shape index (κ3) is 6.03. The Labute approximate surface area is 65.0 Å². The largest absolute Gasteiger partial charge is 0.300 e. The topological polar surface area (TPSA) is 17.1 Å². The van der Waals surface area contributed by atoms with E-state index in [4.69, 9.17) is 0 Å². The van der Waals surface area contributed by atoms with Crippen LogP contribution in [0.25, 0.3) is 0 Å². The molecular weight excluding hydrogens is 180 g/mol. The molecule has 0 saturated heterocycles. The van der Waals surface area contributed by atoms with Gasteiger partial charge in [-0.25, -0.2) is 0 Å². The van der Waals surface area contributed by atoms with Crippen LogP contribution in [0.5, 0.6) is 0 Å². The Morgan fingerprint density at radius 3 is 2.56 bits per heavy atom. The van der Waals surface area contributed by atoms with Crippen molar-refractivity contribution in [1.29, 1.82) is 0 Å². The van der Waals surface area contributed by atoms with Crippen LogP contribution in [0.4, 0.5) is 0 Å². The molecule has 0 aliphatic rings. The zero-order chi connectivity index (χ0) is 7.11. The lowest BCUT2D eigenvalue weighted by atomic mass is 10.1. The van der Waals surface area contributed by atoms with Gasteiger partial charge in [-0.3, -0.25) is 4.79 Å². The molecule has 0 spiro atoms. The zero-order valence-electron chi connectivity index (χ0n) is 5.82. The van der Waals surface area contributed by atoms with E-state index in [2.05, 4.69) is 15.9 Å². The lowest BCUT2D eigenvalue weighted by Gasteiger charge is -1.93. The van der Waals surface area contributed by atoms with Gasteiger partial charge in [-0.2, -0.15) is 0 Å². The average Bonchev–Trinajstić information content (AvgIpc) is 1.89. The summed E-state index contributed by atoms with van der Waals surface area (Å²) in [5, 5.41) is 1.02. The number of halogens is 1. The van der Waals surface area contributed by atoms with Gasteiger partial charge in [-0.1, -0.05) is 22.9 Å². The number of Topliss-reactive ketones (excluding diaryl/α,β-unsaturated/α-hetero) is 1. The molecule has 54 valence electrons. The van der Waals surface area contributed by atoms with E-state index >= 15 is 0 Å². The van der Waals surface area contributed by atoms with E-state index < -0.39 is 0 Å². The molecule has 0 unspecified atom stereocenters. The minimum Gasteiger partial charge on any atom is -0.300 e. The minimum atomic E-state index is 0.385. The highest BCUT2D eigenvalue weighted by Gasteiger charge is 1.95. The van der Waals surface area contributed by atoms with Crippen molar-refractivity contribution in [2.45, 2.75) is 32.6 Å². The molecule has 0 heterocycles. The summed E-state index contributed by atoms with van der Waals surface area (Å²) in [5.74, 6) is 0.385. The van der Waals surface area contributed by atoms with Crippen molar-refractivity contribution in [1.82, 2.24) is 0 Å². The van der Waals surface area contributed by atoms with Crippen molar-refractivity contribution in [3.05, 3.63) is 0 Å². The maximum Gasteiger partial charge on any atom is 0.132 e. The fourth-order valence-electron chi connectivity index (χ4n) is 0.593. The maximum atomic E-state index is 10.7. The second kappa shape index (κ2) is 6.27. The van der Waals surface area contributed by atoms with Crippen molar-refractivity contribution in [2.75, 3.05) is 5.33 Å². The molecule has 0 atom stereocenters. The van der Waals surface area contributed by atoms with Gasteiger partial charge < -0.3 is 0 Å². The Morgan fingerprint density at radius 1 is 1.44 bits per heavy atom. The molecule has 0 aromatic rings. The van der Waals surface area contributed by atoms with E-state index in [0.29, 0.717) is 12.2 Å². The summed E-state index contributed by atoms with van der Waals surface area (Å²) in [6.07, 6.45) is 3.62. The lowest BCUT2D eigenvalue weighted by molar-refractivity contribution is -0.118. The van der Waals surface area contributed by atoms with Gasteiger partial charge in [0.15, 0.2) is 0 Å². The van der Waals surface area contributed by atoms with Crippen molar-refractivity contribution >= 4 is 21.7 Å². The number of carbonyl (C=O) groups excluding carboxylic acids is 1. The molecule has 0 bridgehead atoms. The lowest BCUT2D eigenvalue weighted by Crippen LogP contribution is -1.93. The minimum absolute atomic E-state index is 0.385. The number of ketones is 1. The van der Waals surface area contributed by atoms with Crippen LogP contribution >= 0.6 is 15.9 Å². The molecule has 0 aromatic carbocycles. The molecule has 0 aromatic heterocycles. The fourth-order valence-corrected chi connectivity index (χ4v) is 0.990. The maximum absolute atomic E-state index is 10.7. The molecule has 0 N–H and O–H groups in total. The quantitative estimate of drug-likeness (QED) is 0.484. The zero-order valence-corrected chi connectivity index (χ0v) is 7.41.